The summed E-state index contributed by atoms with van der Waals surface area (Å²) in [4.78, 5) is 18.0. The van der Waals surface area contributed by atoms with Gasteiger partial charge < -0.3 is 14.6 Å². The highest BCUT2D eigenvalue weighted by molar-refractivity contribution is 7.89. The maximum Gasteiger partial charge on any atom is 0.243 e. The van der Waals surface area contributed by atoms with Gasteiger partial charge in [0.1, 0.15) is 17.6 Å². The highest BCUT2D eigenvalue weighted by atomic mass is 32.2. The van der Waals surface area contributed by atoms with Gasteiger partial charge in [0.25, 0.3) is 0 Å². The molecule has 1 fully saturated rings. The molecular formula is C24H28N4O4S. The molecule has 9 heteroatoms. The summed E-state index contributed by atoms with van der Waals surface area (Å²) in [5.74, 6) is 0.946. The molecule has 1 saturated heterocycles. The second-order valence-electron chi connectivity index (χ2n) is 8.07. The van der Waals surface area contributed by atoms with Gasteiger partial charge in [-0.3, -0.25) is 4.79 Å². The number of nitrogens with zero attached hydrogens (tertiary/aromatic N) is 3. The Bertz CT molecular complexity index is 1200. The Hall–Kier alpha value is -3.17. The molecule has 1 N–H and O–H groups in total. The zero-order chi connectivity index (χ0) is 23.4. The van der Waals surface area contributed by atoms with E-state index in [1.807, 2.05) is 42.1 Å². The van der Waals surface area contributed by atoms with Gasteiger partial charge in [0.05, 0.1) is 12.0 Å². The van der Waals surface area contributed by atoms with Crippen LogP contribution in [0.25, 0.3) is 0 Å². The Balaban J connectivity index is 1.49. The van der Waals surface area contributed by atoms with Crippen LogP contribution in [-0.2, 0) is 21.9 Å². The molecule has 1 aliphatic rings. The Morgan fingerprint density at radius 1 is 1.09 bits per heavy atom. The fourth-order valence-electron chi connectivity index (χ4n) is 4.20. The molecule has 0 unspecified atom stereocenters. The molecule has 8 nitrogen and oxygen atoms in total. The van der Waals surface area contributed by atoms with Gasteiger partial charge in [-0.15, -0.1) is 0 Å². The highest BCUT2D eigenvalue weighted by Gasteiger charge is 2.34. The Kier molecular flexibility index (Phi) is 6.80. The van der Waals surface area contributed by atoms with Crippen molar-refractivity contribution in [3.63, 3.8) is 0 Å². The van der Waals surface area contributed by atoms with Crippen LogP contribution >= 0.6 is 0 Å². The minimum absolute atomic E-state index is 0.120. The normalized spacial score (nSPS) is 16.3. The molecule has 1 amide bonds. The third-order valence-electron chi connectivity index (χ3n) is 6.06. The number of para-hydroxylation sites is 1. The number of ether oxygens (including phenoxy) is 1. The molecule has 2 aromatic carbocycles. The fourth-order valence-corrected chi connectivity index (χ4v) is 5.69. The average molecular weight is 469 g/mol. The van der Waals surface area contributed by atoms with E-state index in [1.165, 1.54) is 4.31 Å². The number of piperidine rings is 1. The van der Waals surface area contributed by atoms with E-state index < -0.39 is 16.1 Å². The number of aromatic nitrogens is 2. The molecule has 1 atom stereocenters. The third kappa shape index (κ3) is 4.79. The topological polar surface area (TPSA) is 93.5 Å². The molecule has 4 rings (SSSR count). The van der Waals surface area contributed by atoms with Crippen molar-refractivity contribution in [2.45, 2.75) is 23.8 Å². The SMILES string of the molecule is COc1ccccc1[C@H](NC(=O)C1CCN(S(=O)(=O)c2ccccc2)CC1)c1nccn1C. The number of benzene rings is 2. The predicted molar refractivity (Wildman–Crippen MR) is 124 cm³/mol. The number of rotatable bonds is 7. The molecule has 0 radical (unpaired) electrons. The van der Waals surface area contributed by atoms with Gasteiger partial charge in [-0.05, 0) is 31.0 Å². The highest BCUT2D eigenvalue weighted by Crippen LogP contribution is 2.30. The molecule has 0 spiro atoms. The van der Waals surface area contributed by atoms with Crippen LogP contribution in [0.2, 0.25) is 0 Å². The number of imidazole rings is 1. The van der Waals surface area contributed by atoms with Gasteiger partial charge in [-0.1, -0.05) is 36.4 Å². The number of carbonyl (C=O) groups excluding carboxylic acids is 1. The Morgan fingerprint density at radius 2 is 1.76 bits per heavy atom. The standard InChI is InChI=1S/C24H28N4O4S/c1-27-17-14-25-23(27)22(20-10-6-7-11-21(20)32-2)26-24(29)18-12-15-28(16-13-18)33(30,31)19-8-4-3-5-9-19/h3-11,14,17-18,22H,12-13,15-16H2,1-2H3,(H,26,29)/t22-/m0/s1. The number of aryl methyl sites for hydroxylation is 1. The van der Waals surface area contributed by atoms with Gasteiger partial charge in [0.2, 0.25) is 15.9 Å². The van der Waals surface area contributed by atoms with Crippen LogP contribution in [0.15, 0.2) is 71.9 Å². The molecule has 0 bridgehead atoms. The number of hydrogen-bond acceptors (Lipinski definition) is 5. The van der Waals surface area contributed by atoms with E-state index in [1.54, 1.807) is 43.6 Å². The third-order valence-corrected chi connectivity index (χ3v) is 7.97. The average Bonchev–Trinajstić information content (AvgIpc) is 3.28. The van der Waals surface area contributed by atoms with Crippen molar-refractivity contribution in [1.82, 2.24) is 19.2 Å². The molecule has 3 aromatic rings. The predicted octanol–water partition coefficient (Wildman–Crippen LogP) is 2.74. The van der Waals surface area contributed by atoms with Gasteiger partial charge in [-0.2, -0.15) is 4.31 Å². The number of sulfonamides is 1. The van der Waals surface area contributed by atoms with Crippen LogP contribution in [0, 0.1) is 5.92 Å². The number of amides is 1. The lowest BCUT2D eigenvalue weighted by Gasteiger charge is -2.31. The summed E-state index contributed by atoms with van der Waals surface area (Å²) in [6.45, 7) is 0.605. The van der Waals surface area contributed by atoms with E-state index in [-0.39, 0.29) is 16.7 Å². The van der Waals surface area contributed by atoms with E-state index in [0.717, 1.165) is 5.56 Å². The van der Waals surface area contributed by atoms with Crippen LogP contribution in [0.4, 0.5) is 0 Å². The van der Waals surface area contributed by atoms with Gasteiger partial charge in [0.15, 0.2) is 0 Å². The van der Waals surface area contributed by atoms with Crippen LogP contribution in [0.5, 0.6) is 5.75 Å². The van der Waals surface area contributed by atoms with E-state index in [4.69, 9.17) is 4.74 Å². The maximum atomic E-state index is 13.3. The quantitative estimate of drug-likeness (QED) is 0.576. The Morgan fingerprint density at radius 3 is 2.39 bits per heavy atom. The van der Waals surface area contributed by atoms with E-state index in [0.29, 0.717) is 37.5 Å². The zero-order valence-electron chi connectivity index (χ0n) is 18.7. The van der Waals surface area contributed by atoms with Crippen molar-refractivity contribution in [1.29, 1.82) is 0 Å². The van der Waals surface area contributed by atoms with Crippen molar-refractivity contribution in [3.8, 4) is 5.75 Å². The molecule has 0 saturated carbocycles. The summed E-state index contributed by atoms with van der Waals surface area (Å²) in [5, 5.41) is 3.14. The first-order valence-corrected chi connectivity index (χ1v) is 12.3. The van der Waals surface area contributed by atoms with Crippen molar-refractivity contribution < 1.29 is 17.9 Å². The van der Waals surface area contributed by atoms with Crippen LogP contribution in [0.1, 0.15) is 30.3 Å². The maximum absolute atomic E-state index is 13.3. The first-order valence-electron chi connectivity index (χ1n) is 10.9. The number of carbonyl (C=O) groups is 1. The summed E-state index contributed by atoms with van der Waals surface area (Å²) in [6, 6.07) is 15.4. The lowest BCUT2D eigenvalue weighted by atomic mass is 9.96. The lowest BCUT2D eigenvalue weighted by molar-refractivity contribution is -0.126. The van der Waals surface area contributed by atoms with Crippen LogP contribution in [-0.4, -0.2) is 48.4 Å². The molecule has 174 valence electrons. The second kappa shape index (κ2) is 9.76. The summed E-state index contributed by atoms with van der Waals surface area (Å²) in [5.41, 5.74) is 0.812. The van der Waals surface area contributed by atoms with Crippen molar-refractivity contribution in [3.05, 3.63) is 78.4 Å². The monoisotopic (exact) mass is 468 g/mol. The second-order valence-corrected chi connectivity index (χ2v) is 10.0. The van der Waals surface area contributed by atoms with E-state index in [9.17, 15) is 13.2 Å². The summed E-state index contributed by atoms with van der Waals surface area (Å²) in [7, 11) is -0.0805. The van der Waals surface area contributed by atoms with E-state index >= 15 is 0 Å². The summed E-state index contributed by atoms with van der Waals surface area (Å²) < 4.78 is 34.6. The minimum atomic E-state index is -3.56. The largest absolute Gasteiger partial charge is 0.496 e. The molecule has 1 aromatic heterocycles. The van der Waals surface area contributed by atoms with Crippen LogP contribution in [0.3, 0.4) is 0 Å². The lowest BCUT2D eigenvalue weighted by Crippen LogP contribution is -2.44. The number of nitrogens with one attached hydrogen (secondary N) is 1. The minimum Gasteiger partial charge on any atom is -0.496 e. The fraction of sp³-hybridized carbons (Fsp3) is 0.333. The first-order chi connectivity index (χ1) is 15.9. The van der Waals surface area contributed by atoms with Crippen LogP contribution < -0.4 is 10.1 Å². The van der Waals surface area contributed by atoms with E-state index in [2.05, 4.69) is 10.3 Å². The van der Waals surface area contributed by atoms with Gasteiger partial charge >= 0.3 is 0 Å². The van der Waals surface area contributed by atoms with Crippen molar-refractivity contribution >= 4 is 15.9 Å². The smallest absolute Gasteiger partial charge is 0.243 e. The zero-order valence-corrected chi connectivity index (χ0v) is 19.5. The van der Waals surface area contributed by atoms with Crippen molar-refractivity contribution in [2.75, 3.05) is 20.2 Å². The summed E-state index contributed by atoms with van der Waals surface area (Å²) >= 11 is 0. The number of methoxy groups -OCH3 is 1. The molecule has 1 aliphatic heterocycles. The molecular weight excluding hydrogens is 440 g/mol. The number of hydrogen-bond donors (Lipinski definition) is 1. The van der Waals surface area contributed by atoms with Gasteiger partial charge in [0, 0.05) is 44.0 Å². The first kappa shape index (κ1) is 23.0. The molecule has 2 heterocycles. The molecule has 33 heavy (non-hydrogen) atoms. The van der Waals surface area contributed by atoms with Gasteiger partial charge in [-0.25, -0.2) is 13.4 Å². The summed E-state index contributed by atoms with van der Waals surface area (Å²) in [6.07, 6.45) is 4.43. The van der Waals surface area contributed by atoms with Crippen molar-refractivity contribution in [2.24, 2.45) is 13.0 Å². The molecule has 0 aliphatic carbocycles. The Labute approximate surface area is 194 Å².